The Morgan fingerprint density at radius 2 is 2.10 bits per heavy atom. The third-order valence-corrected chi connectivity index (χ3v) is 3.14. The molecule has 108 valence electrons. The lowest BCUT2D eigenvalue weighted by molar-refractivity contribution is 0.337. The maximum atomic E-state index is 6.15. The number of aryl methyl sites for hydroxylation is 1. The molecule has 20 heavy (non-hydrogen) atoms. The fraction of sp³-hybridized carbons (Fsp3) is 0.417. The monoisotopic (exact) mass is 315 g/mol. The van der Waals surface area contributed by atoms with Gasteiger partial charge in [0.15, 0.2) is 0 Å². The van der Waals surface area contributed by atoms with Crippen molar-refractivity contribution in [3.63, 3.8) is 0 Å². The first-order chi connectivity index (χ1) is 9.65. The summed E-state index contributed by atoms with van der Waals surface area (Å²) < 4.78 is 7.22. The van der Waals surface area contributed by atoms with Gasteiger partial charge in [-0.25, -0.2) is 4.68 Å². The van der Waals surface area contributed by atoms with Crippen molar-refractivity contribution in [1.29, 1.82) is 0 Å². The predicted octanol–water partition coefficient (Wildman–Crippen LogP) is 3.01. The molecule has 0 bridgehead atoms. The number of rotatable bonds is 6. The van der Waals surface area contributed by atoms with Crippen molar-refractivity contribution in [2.45, 2.75) is 26.9 Å². The van der Waals surface area contributed by atoms with E-state index in [-0.39, 0.29) is 0 Å². The van der Waals surface area contributed by atoms with Crippen LogP contribution >= 0.6 is 23.2 Å². The Balaban J connectivity index is 2.20. The number of tetrazole rings is 1. The summed E-state index contributed by atoms with van der Waals surface area (Å²) in [5.74, 6) is 1.22. The smallest absolute Gasteiger partial charge is 0.243 e. The summed E-state index contributed by atoms with van der Waals surface area (Å²) in [6.07, 6.45) is 0. The van der Waals surface area contributed by atoms with Crippen LogP contribution in [0.25, 0.3) is 0 Å². The first-order valence-corrected chi connectivity index (χ1v) is 7.02. The van der Waals surface area contributed by atoms with Crippen LogP contribution in [-0.4, -0.2) is 26.8 Å². The Kier molecular flexibility index (Phi) is 5.03. The SMILES string of the molecule is CCOc1c(Cl)cc(Cl)cc1CNc1nnnn1CC. The summed E-state index contributed by atoms with van der Waals surface area (Å²) in [5, 5.41) is 15.6. The minimum Gasteiger partial charge on any atom is -0.492 e. The number of benzene rings is 1. The largest absolute Gasteiger partial charge is 0.492 e. The molecule has 2 rings (SSSR count). The van der Waals surface area contributed by atoms with E-state index in [2.05, 4.69) is 20.8 Å². The van der Waals surface area contributed by atoms with E-state index >= 15 is 0 Å². The molecule has 8 heteroatoms. The molecular formula is C12H15Cl2N5O. The van der Waals surface area contributed by atoms with Crippen molar-refractivity contribution in [3.05, 3.63) is 27.7 Å². The minimum absolute atomic E-state index is 0.468. The van der Waals surface area contributed by atoms with Gasteiger partial charge in [-0.2, -0.15) is 0 Å². The zero-order valence-electron chi connectivity index (χ0n) is 11.2. The van der Waals surface area contributed by atoms with E-state index in [1.165, 1.54) is 0 Å². The highest BCUT2D eigenvalue weighted by Gasteiger charge is 2.12. The fourth-order valence-corrected chi connectivity index (χ4v) is 2.36. The van der Waals surface area contributed by atoms with Gasteiger partial charge in [-0.15, -0.1) is 0 Å². The van der Waals surface area contributed by atoms with Gasteiger partial charge < -0.3 is 10.1 Å². The van der Waals surface area contributed by atoms with E-state index in [1.54, 1.807) is 10.7 Å². The topological polar surface area (TPSA) is 64.9 Å². The number of hydrogen-bond acceptors (Lipinski definition) is 5. The van der Waals surface area contributed by atoms with Crippen molar-refractivity contribution in [1.82, 2.24) is 20.2 Å². The number of nitrogens with one attached hydrogen (secondary N) is 1. The molecule has 0 saturated heterocycles. The first kappa shape index (κ1) is 14.9. The number of halogens is 2. The molecule has 0 unspecified atom stereocenters. The van der Waals surface area contributed by atoms with Crippen molar-refractivity contribution < 1.29 is 4.74 Å². The number of anilines is 1. The summed E-state index contributed by atoms with van der Waals surface area (Å²) in [6.45, 7) is 5.55. The lowest BCUT2D eigenvalue weighted by Gasteiger charge is -2.13. The van der Waals surface area contributed by atoms with Gasteiger partial charge in [0.05, 0.1) is 11.6 Å². The molecule has 0 amide bonds. The zero-order chi connectivity index (χ0) is 14.5. The van der Waals surface area contributed by atoms with E-state index in [0.29, 0.717) is 41.4 Å². The van der Waals surface area contributed by atoms with Gasteiger partial charge in [-0.05, 0) is 36.4 Å². The summed E-state index contributed by atoms with van der Waals surface area (Å²) in [7, 11) is 0. The lowest BCUT2D eigenvalue weighted by atomic mass is 10.2. The Hall–Kier alpha value is -1.53. The Bertz CT molecular complexity index is 587. The molecule has 0 radical (unpaired) electrons. The zero-order valence-corrected chi connectivity index (χ0v) is 12.7. The molecule has 1 aromatic carbocycles. The van der Waals surface area contributed by atoms with Crippen LogP contribution in [-0.2, 0) is 13.1 Å². The van der Waals surface area contributed by atoms with Crippen LogP contribution in [0.3, 0.4) is 0 Å². The third kappa shape index (κ3) is 3.32. The second-order valence-electron chi connectivity index (χ2n) is 3.98. The Morgan fingerprint density at radius 1 is 1.30 bits per heavy atom. The predicted molar refractivity (Wildman–Crippen MR) is 78.4 cm³/mol. The van der Waals surface area contributed by atoms with E-state index < -0.39 is 0 Å². The third-order valence-electron chi connectivity index (χ3n) is 2.64. The highest BCUT2D eigenvalue weighted by molar-refractivity contribution is 6.35. The standard InChI is InChI=1S/C12H15Cl2N5O/c1-3-19-12(16-17-18-19)15-7-8-5-9(13)6-10(14)11(8)20-4-2/h5-6H,3-4,7H2,1-2H3,(H,15,16,18). The fourth-order valence-electron chi connectivity index (χ4n) is 1.77. The quantitative estimate of drug-likeness (QED) is 0.887. The van der Waals surface area contributed by atoms with E-state index in [4.69, 9.17) is 27.9 Å². The summed E-state index contributed by atoms with van der Waals surface area (Å²) >= 11 is 12.2. The molecule has 1 heterocycles. The van der Waals surface area contributed by atoms with E-state index in [1.807, 2.05) is 19.9 Å². The Morgan fingerprint density at radius 3 is 2.80 bits per heavy atom. The van der Waals surface area contributed by atoms with Gasteiger partial charge >= 0.3 is 0 Å². The second kappa shape index (κ2) is 6.76. The van der Waals surface area contributed by atoms with Gasteiger partial charge in [-0.3, -0.25) is 0 Å². The van der Waals surface area contributed by atoms with Crippen LogP contribution in [0.2, 0.25) is 10.0 Å². The van der Waals surface area contributed by atoms with E-state index in [9.17, 15) is 0 Å². The molecule has 1 N–H and O–H groups in total. The van der Waals surface area contributed by atoms with Crippen LogP contribution in [0, 0.1) is 0 Å². The highest BCUT2D eigenvalue weighted by Crippen LogP contribution is 2.32. The van der Waals surface area contributed by atoms with E-state index in [0.717, 1.165) is 5.56 Å². The molecule has 1 aromatic heterocycles. The van der Waals surface area contributed by atoms with Crippen molar-refractivity contribution in [2.75, 3.05) is 11.9 Å². The van der Waals surface area contributed by atoms with Crippen LogP contribution in [0.1, 0.15) is 19.4 Å². The van der Waals surface area contributed by atoms with Crippen LogP contribution < -0.4 is 10.1 Å². The van der Waals surface area contributed by atoms with Gasteiger partial charge in [0.25, 0.3) is 0 Å². The first-order valence-electron chi connectivity index (χ1n) is 6.26. The maximum Gasteiger partial charge on any atom is 0.243 e. The molecule has 6 nitrogen and oxygen atoms in total. The molecule has 0 aliphatic heterocycles. The van der Waals surface area contributed by atoms with Crippen LogP contribution in [0.5, 0.6) is 5.75 Å². The summed E-state index contributed by atoms with van der Waals surface area (Å²) in [6, 6.07) is 3.47. The summed E-state index contributed by atoms with van der Waals surface area (Å²) in [4.78, 5) is 0. The second-order valence-corrected chi connectivity index (χ2v) is 4.82. The summed E-state index contributed by atoms with van der Waals surface area (Å²) in [5.41, 5.74) is 0.856. The molecular weight excluding hydrogens is 301 g/mol. The van der Waals surface area contributed by atoms with Crippen molar-refractivity contribution >= 4 is 29.2 Å². The van der Waals surface area contributed by atoms with Crippen molar-refractivity contribution in [3.8, 4) is 5.75 Å². The normalized spacial score (nSPS) is 10.6. The molecule has 2 aromatic rings. The van der Waals surface area contributed by atoms with Crippen LogP contribution in [0.4, 0.5) is 5.95 Å². The lowest BCUT2D eigenvalue weighted by Crippen LogP contribution is -2.09. The number of nitrogens with zero attached hydrogens (tertiary/aromatic N) is 4. The van der Waals surface area contributed by atoms with Gasteiger partial charge in [0.1, 0.15) is 5.75 Å². The average molecular weight is 316 g/mol. The van der Waals surface area contributed by atoms with Crippen LogP contribution in [0.15, 0.2) is 12.1 Å². The molecule has 0 aliphatic rings. The molecule has 0 aliphatic carbocycles. The molecule has 0 atom stereocenters. The molecule has 0 spiro atoms. The number of ether oxygens (including phenoxy) is 1. The number of hydrogen-bond donors (Lipinski definition) is 1. The maximum absolute atomic E-state index is 6.15. The van der Waals surface area contributed by atoms with Gasteiger partial charge in [0, 0.05) is 23.7 Å². The highest BCUT2D eigenvalue weighted by atomic mass is 35.5. The minimum atomic E-state index is 0.468. The average Bonchev–Trinajstić information content (AvgIpc) is 2.87. The van der Waals surface area contributed by atoms with Gasteiger partial charge in [-0.1, -0.05) is 28.3 Å². The van der Waals surface area contributed by atoms with Crippen molar-refractivity contribution in [2.24, 2.45) is 0 Å². The number of aromatic nitrogens is 4. The molecule has 0 fully saturated rings. The van der Waals surface area contributed by atoms with Gasteiger partial charge in [0.2, 0.25) is 5.95 Å². The molecule has 0 saturated carbocycles. The Labute approximate surface area is 127 Å².